The molecule has 0 N–H and O–H groups in total. The number of fused-ring (bicyclic) bond motifs is 2. The minimum Gasteiger partial charge on any atom is -0.469 e. The molecule has 0 spiro atoms. The summed E-state index contributed by atoms with van der Waals surface area (Å²) < 4.78 is 14.5. The highest BCUT2D eigenvalue weighted by Gasteiger charge is 2.50. The fourth-order valence-corrected chi connectivity index (χ4v) is 10.4. The Balaban J connectivity index is 1.22. The molecule has 3 heterocycles. The van der Waals surface area contributed by atoms with Crippen molar-refractivity contribution in [2.45, 2.75) is 123 Å². The average molecular weight is 886 g/mol. The standard InChI is InChI=1S/C62H67N3O2/c1-39(2)49-26-21-27-50(40(3)4)57(49)44-34-45(59-64-58(62(12,67-59)41(5)6)56(42-22-15-13-16-23-42)43-24-17-14-18-25-43)36-48(35-44)66-47-30-31-52-54(38-47)65(53-29-20-19-28-51(53)61(52,10)11)55-37-46(32-33-63-55)60(7,8)9/h13-41,56,58H,1-12H3/t58-,62-/m1/s1. The third-order valence-corrected chi connectivity index (χ3v) is 14.5. The summed E-state index contributed by atoms with van der Waals surface area (Å²) in [4.78, 5) is 13.0. The van der Waals surface area contributed by atoms with Crippen molar-refractivity contribution in [3.8, 4) is 22.6 Å². The van der Waals surface area contributed by atoms with Crippen molar-refractivity contribution in [3.05, 3.63) is 202 Å². The Labute approximate surface area is 400 Å². The van der Waals surface area contributed by atoms with Gasteiger partial charge in [-0.15, -0.1) is 0 Å². The van der Waals surface area contributed by atoms with Crippen LogP contribution in [0.15, 0.2) is 163 Å². The maximum Gasteiger partial charge on any atom is 0.217 e. The van der Waals surface area contributed by atoms with Gasteiger partial charge in [-0.2, -0.15) is 0 Å². The number of anilines is 3. The molecule has 9 rings (SSSR count). The van der Waals surface area contributed by atoms with Gasteiger partial charge in [0.15, 0.2) is 0 Å². The van der Waals surface area contributed by atoms with Crippen LogP contribution in [0.5, 0.6) is 11.5 Å². The van der Waals surface area contributed by atoms with Gasteiger partial charge in [0, 0.05) is 29.2 Å². The maximum atomic E-state index is 7.29. The fraction of sp³-hybridized carbons (Fsp3) is 0.323. The molecular weight excluding hydrogens is 819 g/mol. The second kappa shape index (κ2) is 17.6. The monoisotopic (exact) mass is 886 g/mol. The molecule has 0 aliphatic carbocycles. The molecule has 5 nitrogen and oxygen atoms in total. The quantitative estimate of drug-likeness (QED) is 0.130. The smallest absolute Gasteiger partial charge is 0.217 e. The molecule has 5 heteroatoms. The third kappa shape index (κ3) is 8.47. The Morgan fingerprint density at radius 3 is 1.81 bits per heavy atom. The minimum absolute atomic E-state index is 0.0215. The van der Waals surface area contributed by atoms with Crippen molar-refractivity contribution in [1.29, 1.82) is 0 Å². The summed E-state index contributed by atoms with van der Waals surface area (Å²) in [6.45, 7) is 27.3. The van der Waals surface area contributed by atoms with E-state index < -0.39 is 5.60 Å². The van der Waals surface area contributed by atoms with Gasteiger partial charge in [0.1, 0.15) is 29.0 Å². The highest BCUT2D eigenvalue weighted by atomic mass is 16.5. The van der Waals surface area contributed by atoms with Gasteiger partial charge in [0.25, 0.3) is 0 Å². The first-order valence-corrected chi connectivity index (χ1v) is 24.3. The molecule has 0 unspecified atom stereocenters. The van der Waals surface area contributed by atoms with Crippen LogP contribution >= 0.6 is 0 Å². The summed E-state index contributed by atoms with van der Waals surface area (Å²) in [6.07, 6.45) is 1.94. The molecule has 67 heavy (non-hydrogen) atoms. The lowest BCUT2D eigenvalue weighted by Crippen LogP contribution is -2.45. The Morgan fingerprint density at radius 1 is 0.597 bits per heavy atom. The summed E-state index contributed by atoms with van der Waals surface area (Å²) in [5, 5.41) is 0. The Hall–Kier alpha value is -6.46. The average Bonchev–Trinajstić information content (AvgIpc) is 3.67. The maximum absolute atomic E-state index is 7.29. The van der Waals surface area contributed by atoms with Crippen molar-refractivity contribution in [2.24, 2.45) is 10.9 Å². The van der Waals surface area contributed by atoms with Crippen molar-refractivity contribution in [3.63, 3.8) is 0 Å². The molecule has 7 aromatic rings. The Morgan fingerprint density at radius 2 is 1.19 bits per heavy atom. The van der Waals surface area contributed by atoms with Gasteiger partial charge in [-0.05, 0) is 123 Å². The largest absolute Gasteiger partial charge is 0.469 e. The second-order valence-electron chi connectivity index (χ2n) is 21.4. The van der Waals surface area contributed by atoms with Crippen LogP contribution in [-0.4, -0.2) is 22.5 Å². The lowest BCUT2D eigenvalue weighted by molar-refractivity contribution is 0.0241. The number of hydrogen-bond acceptors (Lipinski definition) is 5. The van der Waals surface area contributed by atoms with Crippen molar-refractivity contribution in [2.75, 3.05) is 4.90 Å². The lowest BCUT2D eigenvalue weighted by Gasteiger charge is -2.41. The van der Waals surface area contributed by atoms with Crippen molar-refractivity contribution < 1.29 is 9.47 Å². The van der Waals surface area contributed by atoms with Gasteiger partial charge < -0.3 is 9.47 Å². The first-order valence-electron chi connectivity index (χ1n) is 24.3. The summed E-state index contributed by atoms with van der Waals surface area (Å²) in [5.41, 5.74) is 13.2. The van der Waals surface area contributed by atoms with Crippen LogP contribution in [0.25, 0.3) is 11.1 Å². The number of aromatic nitrogens is 1. The predicted molar refractivity (Wildman–Crippen MR) is 279 cm³/mol. The van der Waals surface area contributed by atoms with Gasteiger partial charge in [-0.1, -0.05) is 179 Å². The number of benzene rings is 6. The molecule has 2 atom stereocenters. The predicted octanol–water partition coefficient (Wildman–Crippen LogP) is 16.6. The zero-order valence-corrected chi connectivity index (χ0v) is 41.6. The van der Waals surface area contributed by atoms with Gasteiger partial charge >= 0.3 is 0 Å². The van der Waals surface area contributed by atoms with E-state index in [0.29, 0.717) is 17.7 Å². The van der Waals surface area contributed by atoms with E-state index in [9.17, 15) is 0 Å². The minimum atomic E-state index is -0.606. The molecule has 0 saturated heterocycles. The highest BCUT2D eigenvalue weighted by molar-refractivity contribution is 5.98. The molecule has 0 radical (unpaired) electrons. The molecule has 0 amide bonds. The molecule has 1 aromatic heterocycles. The van der Waals surface area contributed by atoms with Crippen LogP contribution in [0.4, 0.5) is 17.2 Å². The van der Waals surface area contributed by atoms with Gasteiger partial charge in [0.2, 0.25) is 5.90 Å². The SMILES string of the molecule is CC(C)c1cccc(C(C)C)c1-c1cc(Oc2ccc3c(c2)N(c2cc(C(C)(C)C)ccn2)c2ccccc2C3(C)C)cc(C2=N[C@H](C(c3ccccc3)c3ccccc3)[C@@](C)(C(C)C)O2)c1. The third-order valence-electron chi connectivity index (χ3n) is 14.5. The zero-order valence-electron chi connectivity index (χ0n) is 41.6. The van der Waals surface area contributed by atoms with Crippen LogP contribution in [0, 0.1) is 5.92 Å². The number of nitrogens with zero attached hydrogens (tertiary/aromatic N) is 3. The van der Waals surface area contributed by atoms with Crippen molar-refractivity contribution in [1.82, 2.24) is 4.98 Å². The van der Waals surface area contributed by atoms with Gasteiger partial charge in [-0.3, -0.25) is 4.90 Å². The first-order chi connectivity index (χ1) is 32.0. The molecule has 6 aromatic carbocycles. The molecular formula is C62H67N3O2. The number of para-hydroxylation sites is 1. The van der Waals surface area contributed by atoms with Crippen LogP contribution in [0.3, 0.4) is 0 Å². The van der Waals surface area contributed by atoms with E-state index in [1.54, 1.807) is 0 Å². The number of ether oxygens (including phenoxy) is 2. The van der Waals surface area contributed by atoms with Crippen LogP contribution < -0.4 is 9.64 Å². The van der Waals surface area contributed by atoms with Crippen LogP contribution in [-0.2, 0) is 15.6 Å². The van der Waals surface area contributed by atoms with E-state index >= 15 is 0 Å². The van der Waals surface area contributed by atoms with Crippen LogP contribution in [0.2, 0.25) is 0 Å². The number of rotatable bonds is 11. The second-order valence-corrected chi connectivity index (χ2v) is 21.4. The fourth-order valence-electron chi connectivity index (χ4n) is 10.4. The summed E-state index contributed by atoms with van der Waals surface area (Å²) in [6, 6.07) is 54.4. The first kappa shape index (κ1) is 45.7. The van der Waals surface area contributed by atoms with E-state index in [0.717, 1.165) is 39.8 Å². The van der Waals surface area contributed by atoms with E-state index in [1.807, 2.05) is 6.20 Å². The molecule has 0 bridgehead atoms. The van der Waals surface area contributed by atoms with E-state index in [1.165, 1.54) is 44.5 Å². The van der Waals surface area contributed by atoms with E-state index in [4.69, 9.17) is 19.5 Å². The van der Waals surface area contributed by atoms with Gasteiger partial charge in [0.05, 0.1) is 11.4 Å². The normalized spacial score (nSPS) is 17.7. The summed E-state index contributed by atoms with van der Waals surface area (Å²) in [7, 11) is 0. The van der Waals surface area contributed by atoms with E-state index in [2.05, 4.69) is 240 Å². The molecule has 0 saturated carbocycles. The zero-order chi connectivity index (χ0) is 47.4. The van der Waals surface area contributed by atoms with Crippen molar-refractivity contribution >= 4 is 23.1 Å². The van der Waals surface area contributed by atoms with E-state index in [-0.39, 0.29) is 28.7 Å². The lowest BCUT2D eigenvalue weighted by atomic mass is 9.73. The Kier molecular flexibility index (Phi) is 12.0. The summed E-state index contributed by atoms with van der Waals surface area (Å²) >= 11 is 0. The molecule has 2 aliphatic heterocycles. The number of pyridine rings is 1. The molecule has 2 aliphatic rings. The Bertz CT molecular complexity index is 2880. The number of hydrogen-bond donors (Lipinski definition) is 0. The topological polar surface area (TPSA) is 47.0 Å². The van der Waals surface area contributed by atoms with Gasteiger partial charge in [-0.25, -0.2) is 9.98 Å². The highest BCUT2D eigenvalue weighted by Crippen LogP contribution is 2.53. The summed E-state index contributed by atoms with van der Waals surface area (Å²) in [5.74, 6) is 3.72. The number of aliphatic imine (C=N–C) groups is 1. The molecule has 342 valence electrons. The molecule has 0 fully saturated rings. The van der Waals surface area contributed by atoms with Crippen LogP contribution in [0.1, 0.15) is 145 Å².